The van der Waals surface area contributed by atoms with Gasteiger partial charge in [-0.2, -0.15) is 0 Å². The first-order chi connectivity index (χ1) is 4.33. The Morgan fingerprint density at radius 3 is 1.44 bits per heavy atom. The largest absolute Gasteiger partial charge is 0.449 e. The first-order valence-electron chi connectivity index (χ1n) is 2.53. The lowest BCUT2D eigenvalue weighted by atomic mass is 10.8. The molecule has 0 atom stereocenters. The van der Waals surface area contributed by atoms with Crippen molar-refractivity contribution in [3.63, 3.8) is 0 Å². The van der Waals surface area contributed by atoms with Crippen molar-refractivity contribution in [2.24, 2.45) is 0 Å². The molecule has 0 radical (unpaired) electrons. The van der Waals surface area contributed by atoms with Crippen LogP contribution in [0.5, 0.6) is 0 Å². The van der Waals surface area contributed by atoms with E-state index in [1.165, 1.54) is 0 Å². The molecule has 0 rings (SSSR count). The molecule has 4 nitrogen and oxygen atoms in total. The van der Waals surface area contributed by atoms with Crippen molar-refractivity contribution >= 4 is 31.0 Å². The lowest BCUT2D eigenvalue weighted by Crippen LogP contribution is -1.96. The van der Waals surface area contributed by atoms with Gasteiger partial charge in [0.15, 0.2) is 0 Å². The van der Waals surface area contributed by atoms with E-state index in [0.717, 1.165) is 21.0 Å². The molecular weight excluding hydrogens is 172 g/mol. The van der Waals surface area contributed by atoms with E-state index in [2.05, 4.69) is 0 Å². The van der Waals surface area contributed by atoms with E-state index in [4.69, 9.17) is 18.4 Å². The molecule has 0 aliphatic rings. The van der Waals surface area contributed by atoms with Crippen LogP contribution < -0.4 is 0 Å². The zero-order valence-corrected chi connectivity index (χ0v) is 11.2. The number of hydrogen-bond acceptors (Lipinski definition) is 4. The maximum Gasteiger partial charge on any atom is 0.282 e. The summed E-state index contributed by atoms with van der Waals surface area (Å²) in [4.78, 5) is 0. The summed E-state index contributed by atoms with van der Waals surface area (Å²) in [5.74, 6) is 0. The molecule has 0 fully saturated rings. The van der Waals surface area contributed by atoms with Gasteiger partial charge in [0.1, 0.15) is 21.0 Å². The van der Waals surface area contributed by atoms with Crippen molar-refractivity contribution in [2.45, 2.75) is 0 Å². The fourth-order valence-electron chi connectivity index (χ4n) is 0.118. The Bertz CT molecular complexity index is 33.0. The van der Waals surface area contributed by atoms with Crippen LogP contribution in [0.1, 0.15) is 0 Å². The van der Waals surface area contributed by atoms with E-state index >= 15 is 0 Å². The standard InChI is InChI=1S/C2H6O2.H8O2Si3/c3-1-2-4;3-1-5-2-4/h3-4H,1-2H2;5H2,3-4H3. The van der Waals surface area contributed by atoms with E-state index in [1.807, 2.05) is 0 Å². The molecule has 0 aromatic rings. The minimum Gasteiger partial charge on any atom is -0.449 e. The molecular formula is C2H14O4Si3. The highest BCUT2D eigenvalue weighted by molar-refractivity contribution is 6.33. The fraction of sp³-hybridized carbons (Fsp3) is 1.00. The average Bonchev–Trinajstić information content (AvgIpc) is 1.91. The third-order valence-corrected chi connectivity index (χ3v) is 2.22. The summed E-state index contributed by atoms with van der Waals surface area (Å²) in [6.07, 6.45) is 0. The predicted octanol–water partition coefficient (Wildman–Crippen LogP) is -4.45. The third kappa shape index (κ3) is 29.4. The van der Waals surface area contributed by atoms with Crippen molar-refractivity contribution in [2.75, 3.05) is 13.2 Å². The predicted molar refractivity (Wildman–Crippen MR) is 44.8 cm³/mol. The second kappa shape index (κ2) is 15.8. The van der Waals surface area contributed by atoms with Crippen LogP contribution in [0.2, 0.25) is 0 Å². The van der Waals surface area contributed by atoms with Gasteiger partial charge >= 0.3 is 0 Å². The Morgan fingerprint density at radius 2 is 1.44 bits per heavy atom. The van der Waals surface area contributed by atoms with Gasteiger partial charge in [-0.15, -0.1) is 0 Å². The van der Waals surface area contributed by atoms with Gasteiger partial charge in [0.05, 0.1) is 13.2 Å². The molecule has 0 amide bonds. The van der Waals surface area contributed by atoms with Crippen LogP contribution in [0.4, 0.5) is 0 Å². The summed E-state index contributed by atoms with van der Waals surface area (Å²) in [5, 5.41) is 15.2. The Hall–Kier alpha value is 0.491. The van der Waals surface area contributed by atoms with Gasteiger partial charge in [-0.25, -0.2) is 0 Å². The molecule has 0 saturated heterocycles. The van der Waals surface area contributed by atoms with Crippen LogP contribution in [-0.4, -0.2) is 54.4 Å². The zero-order chi connectivity index (χ0) is 7.54. The van der Waals surface area contributed by atoms with Crippen LogP contribution in [0.15, 0.2) is 0 Å². The maximum atomic E-state index is 7.62. The van der Waals surface area contributed by atoms with Gasteiger partial charge in [-0.05, 0) is 0 Å². The van der Waals surface area contributed by atoms with Gasteiger partial charge in [0.25, 0.3) is 10.0 Å². The minimum atomic E-state index is -0.444. The molecule has 2 N–H and O–H groups in total. The van der Waals surface area contributed by atoms with Crippen molar-refractivity contribution in [3.05, 3.63) is 0 Å². The molecule has 0 aliphatic carbocycles. The molecule has 0 aromatic carbocycles. The SMILES string of the molecule is OCCO.[SiH3]O[SiH2]O[SiH3]. The molecule has 0 unspecified atom stereocenters. The number of aliphatic hydroxyl groups excluding tert-OH is 2. The van der Waals surface area contributed by atoms with Crippen molar-refractivity contribution in [3.8, 4) is 0 Å². The number of aliphatic hydroxyl groups is 2. The van der Waals surface area contributed by atoms with Gasteiger partial charge in [0.2, 0.25) is 0 Å². The van der Waals surface area contributed by atoms with Gasteiger partial charge in [-0.1, -0.05) is 0 Å². The monoisotopic (exact) mass is 186 g/mol. The highest BCUT2D eigenvalue weighted by Crippen LogP contribution is 1.52. The van der Waals surface area contributed by atoms with Crippen molar-refractivity contribution in [1.82, 2.24) is 0 Å². The summed E-state index contributed by atoms with van der Waals surface area (Å²) in [7, 11) is 1.27. The first kappa shape index (κ1) is 12.2. The Labute approximate surface area is 63.3 Å². The van der Waals surface area contributed by atoms with Crippen LogP contribution in [0.3, 0.4) is 0 Å². The summed E-state index contributed by atoms with van der Waals surface area (Å²) in [6, 6.07) is 0. The van der Waals surface area contributed by atoms with E-state index in [1.54, 1.807) is 0 Å². The first-order valence-corrected chi connectivity index (χ1v) is 5.31. The van der Waals surface area contributed by atoms with Crippen LogP contribution in [0.25, 0.3) is 0 Å². The van der Waals surface area contributed by atoms with Gasteiger partial charge < -0.3 is 18.4 Å². The van der Waals surface area contributed by atoms with Crippen molar-refractivity contribution < 1.29 is 18.4 Å². The van der Waals surface area contributed by atoms with Crippen molar-refractivity contribution in [1.29, 1.82) is 0 Å². The van der Waals surface area contributed by atoms with E-state index < -0.39 is 10.0 Å². The molecule has 58 valence electrons. The Balaban J connectivity index is 0. The fourth-order valence-corrected chi connectivity index (χ4v) is 3.18. The maximum absolute atomic E-state index is 7.62. The molecule has 0 bridgehead atoms. The smallest absolute Gasteiger partial charge is 0.282 e. The molecule has 0 aromatic heterocycles. The second-order valence-electron chi connectivity index (χ2n) is 1.14. The van der Waals surface area contributed by atoms with E-state index in [-0.39, 0.29) is 13.2 Å². The molecule has 0 spiro atoms. The summed E-state index contributed by atoms with van der Waals surface area (Å²) >= 11 is 0. The van der Waals surface area contributed by atoms with E-state index in [9.17, 15) is 0 Å². The highest BCUT2D eigenvalue weighted by Gasteiger charge is 1.66. The van der Waals surface area contributed by atoms with Gasteiger partial charge in [-0.3, -0.25) is 0 Å². The second-order valence-corrected chi connectivity index (χ2v) is 6.00. The minimum absolute atomic E-state index is 0.125. The average molecular weight is 186 g/mol. The van der Waals surface area contributed by atoms with Crippen LogP contribution >= 0.6 is 0 Å². The van der Waals surface area contributed by atoms with Gasteiger partial charge in [0, 0.05) is 0 Å². The van der Waals surface area contributed by atoms with Crippen LogP contribution in [0, 0.1) is 0 Å². The Morgan fingerprint density at radius 1 is 1.11 bits per heavy atom. The number of rotatable bonds is 3. The lowest BCUT2D eigenvalue weighted by molar-refractivity contribution is 0.186. The normalized spacial score (nSPS) is 10.0. The number of hydrogen-bond donors (Lipinski definition) is 2. The topological polar surface area (TPSA) is 58.9 Å². The molecule has 7 heteroatoms. The molecule has 0 heterocycles. The zero-order valence-electron chi connectivity index (χ0n) is 5.83. The quantitative estimate of drug-likeness (QED) is 0.437. The highest BCUT2D eigenvalue weighted by atomic mass is 28.3. The van der Waals surface area contributed by atoms with Crippen LogP contribution in [-0.2, 0) is 8.23 Å². The molecule has 0 saturated carbocycles. The molecule has 0 aliphatic heterocycles. The summed E-state index contributed by atoms with van der Waals surface area (Å²) in [5.41, 5.74) is 0. The third-order valence-electron chi connectivity index (χ3n) is 0.336. The van der Waals surface area contributed by atoms with E-state index in [0.29, 0.717) is 0 Å². The lowest BCUT2D eigenvalue weighted by Gasteiger charge is -1.87. The summed E-state index contributed by atoms with van der Waals surface area (Å²) in [6.45, 7) is -0.250. The molecule has 9 heavy (non-hydrogen) atoms. The summed E-state index contributed by atoms with van der Waals surface area (Å²) < 4.78 is 9.56. The Kier molecular flexibility index (Phi) is 21.4.